The molecule has 0 rings (SSSR count). The predicted molar refractivity (Wildman–Crippen MR) is 65.1 cm³/mol. The van der Waals surface area contributed by atoms with Crippen LogP contribution in [0.25, 0.3) is 0 Å². The Balaban J connectivity index is 4.39. The van der Waals surface area contributed by atoms with Crippen molar-refractivity contribution in [2.24, 2.45) is 0 Å². The van der Waals surface area contributed by atoms with Gasteiger partial charge in [-0.1, -0.05) is 15.9 Å². The molecule has 0 heterocycles. The van der Waals surface area contributed by atoms with Crippen LogP contribution < -0.4 is 0 Å². The first-order valence-corrected chi connectivity index (χ1v) is 7.22. The van der Waals surface area contributed by atoms with Crippen LogP contribution in [0.5, 0.6) is 0 Å². The molecule has 0 saturated heterocycles. The van der Waals surface area contributed by atoms with Gasteiger partial charge in [-0.05, 0) is 20.8 Å². The summed E-state index contributed by atoms with van der Waals surface area (Å²) < 4.78 is 16.9. The third-order valence-corrected chi connectivity index (χ3v) is 3.76. The van der Waals surface area contributed by atoms with Gasteiger partial charge < -0.3 is 14.2 Å². The molecule has 5 heteroatoms. The van der Waals surface area contributed by atoms with E-state index in [1.54, 1.807) is 0 Å². The van der Waals surface area contributed by atoms with Gasteiger partial charge in [-0.3, -0.25) is 0 Å². The molecule has 1 unspecified atom stereocenters. The lowest BCUT2D eigenvalue weighted by Gasteiger charge is -2.36. The zero-order valence-electron chi connectivity index (χ0n) is 9.51. The summed E-state index contributed by atoms with van der Waals surface area (Å²) in [6.45, 7) is 7.92. The highest BCUT2D eigenvalue weighted by atomic mass is 79.9. The molecular weight excluding hydrogens is 264 g/mol. The Morgan fingerprint density at radius 2 is 1.64 bits per heavy atom. The number of hydrogen-bond acceptors (Lipinski definition) is 3. The minimum atomic E-state index is -0.511. The molecule has 0 N–H and O–H groups in total. The molecule has 86 valence electrons. The smallest absolute Gasteiger partial charge is 0.167 e. The summed E-state index contributed by atoms with van der Waals surface area (Å²) in [5, 5.41) is 0.740. The lowest BCUT2D eigenvalue weighted by atomic mass is 10.3. The van der Waals surface area contributed by atoms with Gasteiger partial charge in [-0.15, -0.1) is 0 Å². The van der Waals surface area contributed by atoms with Crippen LogP contribution in [0, 0.1) is 0 Å². The molecule has 0 aliphatic rings. The zero-order chi connectivity index (χ0) is 11.0. The highest BCUT2D eigenvalue weighted by Gasteiger charge is 2.35. The molecule has 0 fully saturated rings. The van der Waals surface area contributed by atoms with Crippen molar-refractivity contribution in [1.82, 2.24) is 0 Å². The van der Waals surface area contributed by atoms with Crippen molar-refractivity contribution in [1.29, 1.82) is 0 Å². The molecular formula is C9H21BrO3Si. The summed E-state index contributed by atoms with van der Waals surface area (Å²) in [5.41, 5.74) is -0.511. The second kappa shape index (κ2) is 7.82. The minimum Gasteiger partial charge on any atom is -0.372 e. The summed E-state index contributed by atoms with van der Waals surface area (Å²) >= 11 is 3.43. The Kier molecular flexibility index (Phi) is 8.14. The van der Waals surface area contributed by atoms with Crippen molar-refractivity contribution in [2.75, 3.05) is 25.2 Å². The quantitative estimate of drug-likeness (QED) is 0.376. The second-order valence-corrected chi connectivity index (χ2v) is 5.02. The highest BCUT2D eigenvalue weighted by molar-refractivity contribution is 9.09. The molecule has 0 aromatic rings. The number of halogens is 1. The van der Waals surface area contributed by atoms with Gasteiger partial charge in [0.15, 0.2) is 5.41 Å². The predicted octanol–water partition coefficient (Wildman–Crippen LogP) is 0.879. The number of rotatable bonds is 8. The summed E-state index contributed by atoms with van der Waals surface area (Å²) in [6.07, 6.45) is -0.0148. The Morgan fingerprint density at radius 1 is 1.14 bits per heavy atom. The SMILES string of the molecule is CCOC(CBr)C([SiH3])(OCC)OCC. The average Bonchev–Trinajstić information content (AvgIpc) is 2.14. The zero-order valence-corrected chi connectivity index (χ0v) is 13.1. The van der Waals surface area contributed by atoms with Crippen LogP contribution in [0.2, 0.25) is 0 Å². The van der Waals surface area contributed by atoms with Gasteiger partial charge in [0.05, 0.1) is 10.2 Å². The summed E-state index contributed by atoms with van der Waals surface area (Å²) in [6, 6.07) is 0. The minimum absolute atomic E-state index is 0.0148. The third kappa shape index (κ3) is 4.40. The fourth-order valence-corrected chi connectivity index (χ4v) is 3.66. The number of hydrogen-bond donors (Lipinski definition) is 0. The molecule has 0 aliphatic carbocycles. The summed E-state index contributed by atoms with van der Waals surface area (Å²) in [4.78, 5) is 0. The average molecular weight is 285 g/mol. The van der Waals surface area contributed by atoms with Gasteiger partial charge in [0.2, 0.25) is 0 Å². The van der Waals surface area contributed by atoms with Crippen molar-refractivity contribution in [3.63, 3.8) is 0 Å². The van der Waals surface area contributed by atoms with E-state index in [-0.39, 0.29) is 6.10 Å². The Bertz CT molecular complexity index is 140. The standard InChI is InChI=1S/C9H21BrO3Si/c1-4-11-8(7-10)9(14,12-5-2)13-6-3/h8H,4-7H2,1-3,14H3. The molecule has 0 radical (unpaired) electrons. The molecule has 0 amide bonds. The largest absolute Gasteiger partial charge is 0.372 e. The van der Waals surface area contributed by atoms with Crippen molar-refractivity contribution >= 4 is 26.2 Å². The normalized spacial score (nSPS) is 14.6. The van der Waals surface area contributed by atoms with Gasteiger partial charge in [0, 0.05) is 25.2 Å². The molecule has 3 nitrogen and oxygen atoms in total. The van der Waals surface area contributed by atoms with E-state index >= 15 is 0 Å². The molecule has 14 heavy (non-hydrogen) atoms. The van der Waals surface area contributed by atoms with Crippen molar-refractivity contribution in [2.45, 2.75) is 32.3 Å². The van der Waals surface area contributed by atoms with Crippen molar-refractivity contribution in [3.05, 3.63) is 0 Å². The highest BCUT2D eigenvalue weighted by Crippen LogP contribution is 2.19. The topological polar surface area (TPSA) is 27.7 Å². The van der Waals surface area contributed by atoms with Gasteiger partial charge in [-0.2, -0.15) is 0 Å². The first kappa shape index (κ1) is 14.6. The van der Waals surface area contributed by atoms with E-state index in [9.17, 15) is 0 Å². The maximum absolute atomic E-state index is 5.66. The summed E-state index contributed by atoms with van der Waals surface area (Å²) in [7, 11) is 0.795. The third-order valence-electron chi connectivity index (χ3n) is 1.95. The Morgan fingerprint density at radius 3 is 1.93 bits per heavy atom. The Hall–Kier alpha value is 0.577. The van der Waals surface area contributed by atoms with E-state index < -0.39 is 5.41 Å². The van der Waals surface area contributed by atoms with Crippen LogP contribution in [0.1, 0.15) is 20.8 Å². The van der Waals surface area contributed by atoms with Crippen molar-refractivity contribution in [3.8, 4) is 0 Å². The number of alkyl halides is 1. The second-order valence-electron chi connectivity index (χ2n) is 2.98. The van der Waals surface area contributed by atoms with E-state index in [4.69, 9.17) is 14.2 Å². The fraction of sp³-hybridized carbons (Fsp3) is 1.00. The maximum atomic E-state index is 5.66. The van der Waals surface area contributed by atoms with Crippen LogP contribution >= 0.6 is 15.9 Å². The molecule has 0 spiro atoms. The maximum Gasteiger partial charge on any atom is 0.167 e. The summed E-state index contributed by atoms with van der Waals surface area (Å²) in [5.74, 6) is 0. The first-order chi connectivity index (χ1) is 6.64. The number of ether oxygens (including phenoxy) is 3. The van der Waals surface area contributed by atoms with E-state index in [2.05, 4.69) is 15.9 Å². The van der Waals surface area contributed by atoms with E-state index in [0.29, 0.717) is 19.8 Å². The van der Waals surface area contributed by atoms with Gasteiger partial charge >= 0.3 is 0 Å². The van der Waals surface area contributed by atoms with Crippen LogP contribution in [0.15, 0.2) is 0 Å². The molecule has 1 atom stereocenters. The lowest BCUT2D eigenvalue weighted by Crippen LogP contribution is -2.50. The molecule has 0 bridgehead atoms. The van der Waals surface area contributed by atoms with Crippen LogP contribution in [-0.2, 0) is 14.2 Å². The van der Waals surface area contributed by atoms with Crippen LogP contribution in [-0.4, -0.2) is 46.9 Å². The van der Waals surface area contributed by atoms with Crippen LogP contribution in [0.3, 0.4) is 0 Å². The Labute approximate surface area is 98.0 Å². The van der Waals surface area contributed by atoms with Gasteiger partial charge in [0.25, 0.3) is 0 Å². The first-order valence-electron chi connectivity index (χ1n) is 5.10. The molecule has 0 aromatic heterocycles. The van der Waals surface area contributed by atoms with E-state index in [1.165, 1.54) is 0 Å². The van der Waals surface area contributed by atoms with Crippen molar-refractivity contribution < 1.29 is 14.2 Å². The van der Waals surface area contributed by atoms with Gasteiger partial charge in [-0.25, -0.2) is 0 Å². The van der Waals surface area contributed by atoms with E-state index in [1.807, 2.05) is 20.8 Å². The lowest BCUT2D eigenvalue weighted by molar-refractivity contribution is -0.229. The van der Waals surface area contributed by atoms with Crippen LogP contribution in [0.4, 0.5) is 0 Å². The fourth-order valence-electron chi connectivity index (χ4n) is 1.34. The molecule has 0 saturated carbocycles. The molecule has 0 aromatic carbocycles. The molecule has 0 aliphatic heterocycles. The monoisotopic (exact) mass is 284 g/mol. The van der Waals surface area contributed by atoms with E-state index in [0.717, 1.165) is 15.6 Å². The van der Waals surface area contributed by atoms with Gasteiger partial charge in [0.1, 0.15) is 6.10 Å².